The van der Waals surface area contributed by atoms with Gasteiger partial charge in [-0.2, -0.15) is 0 Å². The SMILES string of the molecule is O=C(C1CCCC1)N(CC(=O)N1CCc2sccc2[C@@H]1COc1ccccc1)C1CC1. The fraction of sp³-hybridized carbons (Fsp3) is 0.520. The minimum absolute atomic E-state index is 0.0526. The van der Waals surface area contributed by atoms with Gasteiger partial charge in [0.2, 0.25) is 11.8 Å². The lowest BCUT2D eigenvalue weighted by molar-refractivity contribution is -0.145. The van der Waals surface area contributed by atoms with E-state index in [1.807, 2.05) is 40.1 Å². The molecule has 2 aliphatic carbocycles. The second kappa shape index (κ2) is 9.03. The second-order valence-electron chi connectivity index (χ2n) is 8.95. The molecule has 0 saturated heterocycles. The number of para-hydroxylation sites is 1. The number of hydrogen-bond donors (Lipinski definition) is 0. The standard InChI is InChI=1S/C25H30N2O3S/c28-24(16-27(19-10-11-19)25(29)18-6-4-5-7-18)26-14-12-23-21(13-15-31-23)22(26)17-30-20-8-2-1-3-9-20/h1-3,8-9,13,15,18-19,22H,4-7,10-12,14,16-17H2/t22-/m0/s1. The molecule has 2 heterocycles. The van der Waals surface area contributed by atoms with Crippen molar-refractivity contribution in [1.82, 2.24) is 9.80 Å². The molecule has 1 atom stereocenters. The first kappa shape index (κ1) is 20.6. The average Bonchev–Trinajstić information content (AvgIpc) is 3.27. The highest BCUT2D eigenvalue weighted by atomic mass is 32.1. The first-order valence-corrected chi connectivity index (χ1v) is 12.4. The predicted molar refractivity (Wildman–Crippen MR) is 121 cm³/mol. The van der Waals surface area contributed by atoms with Crippen molar-refractivity contribution in [2.75, 3.05) is 19.7 Å². The molecule has 2 amide bonds. The van der Waals surface area contributed by atoms with Crippen LogP contribution in [0.3, 0.4) is 0 Å². The molecule has 2 saturated carbocycles. The molecule has 1 aliphatic heterocycles. The van der Waals surface area contributed by atoms with Gasteiger partial charge in [-0.15, -0.1) is 11.3 Å². The number of benzene rings is 1. The lowest BCUT2D eigenvalue weighted by atomic mass is 10.00. The number of nitrogens with zero attached hydrogens (tertiary/aromatic N) is 2. The van der Waals surface area contributed by atoms with Crippen LogP contribution in [-0.2, 0) is 16.0 Å². The molecule has 0 N–H and O–H groups in total. The summed E-state index contributed by atoms with van der Waals surface area (Å²) in [6.07, 6.45) is 7.16. The van der Waals surface area contributed by atoms with Crippen LogP contribution in [0.5, 0.6) is 5.75 Å². The van der Waals surface area contributed by atoms with Crippen molar-refractivity contribution < 1.29 is 14.3 Å². The van der Waals surface area contributed by atoms with Gasteiger partial charge in [0.25, 0.3) is 0 Å². The highest BCUT2D eigenvalue weighted by molar-refractivity contribution is 7.10. The summed E-state index contributed by atoms with van der Waals surface area (Å²) < 4.78 is 6.08. The highest BCUT2D eigenvalue weighted by Crippen LogP contribution is 2.36. The Morgan fingerprint density at radius 1 is 1.06 bits per heavy atom. The third-order valence-corrected chi connectivity index (χ3v) is 7.84. The lowest BCUT2D eigenvalue weighted by Crippen LogP contribution is -2.49. The molecular formula is C25H30N2O3S. The van der Waals surface area contributed by atoms with Crippen molar-refractivity contribution in [2.24, 2.45) is 5.92 Å². The summed E-state index contributed by atoms with van der Waals surface area (Å²) >= 11 is 1.76. The van der Waals surface area contributed by atoms with E-state index >= 15 is 0 Å². The topological polar surface area (TPSA) is 49.9 Å². The van der Waals surface area contributed by atoms with Crippen molar-refractivity contribution >= 4 is 23.2 Å². The normalized spacial score (nSPS) is 21.0. The van der Waals surface area contributed by atoms with Gasteiger partial charge in [0.05, 0.1) is 6.04 Å². The van der Waals surface area contributed by atoms with Crippen LogP contribution in [0.25, 0.3) is 0 Å². The maximum absolute atomic E-state index is 13.5. The van der Waals surface area contributed by atoms with Crippen LogP contribution in [0, 0.1) is 5.92 Å². The summed E-state index contributed by atoms with van der Waals surface area (Å²) in [5, 5.41) is 2.11. The van der Waals surface area contributed by atoms with Gasteiger partial charge in [0.1, 0.15) is 18.9 Å². The summed E-state index contributed by atoms with van der Waals surface area (Å²) in [5.41, 5.74) is 1.20. The monoisotopic (exact) mass is 438 g/mol. The Hall–Kier alpha value is -2.34. The Labute approximate surface area is 188 Å². The Morgan fingerprint density at radius 2 is 1.84 bits per heavy atom. The van der Waals surface area contributed by atoms with Gasteiger partial charge >= 0.3 is 0 Å². The van der Waals surface area contributed by atoms with Crippen molar-refractivity contribution in [1.29, 1.82) is 0 Å². The predicted octanol–water partition coefficient (Wildman–Crippen LogP) is 4.43. The molecule has 0 unspecified atom stereocenters. The summed E-state index contributed by atoms with van der Waals surface area (Å²) in [6, 6.07) is 12.0. The zero-order valence-corrected chi connectivity index (χ0v) is 18.7. The van der Waals surface area contributed by atoms with Gasteiger partial charge in [0, 0.05) is 23.4 Å². The van der Waals surface area contributed by atoms with E-state index in [9.17, 15) is 9.59 Å². The summed E-state index contributed by atoms with van der Waals surface area (Å²) in [4.78, 5) is 31.8. The van der Waals surface area contributed by atoms with Crippen molar-refractivity contribution in [3.63, 3.8) is 0 Å². The maximum atomic E-state index is 13.5. The fourth-order valence-corrected chi connectivity index (χ4v) is 5.91. The van der Waals surface area contributed by atoms with Crippen LogP contribution in [0.1, 0.15) is 55.0 Å². The van der Waals surface area contributed by atoms with E-state index < -0.39 is 0 Å². The molecule has 2 aromatic rings. The number of carbonyl (C=O) groups excluding carboxylic acids is 2. The van der Waals surface area contributed by atoms with Crippen LogP contribution < -0.4 is 4.74 Å². The van der Waals surface area contributed by atoms with E-state index in [1.165, 1.54) is 10.4 Å². The van der Waals surface area contributed by atoms with Crippen LogP contribution in [0.15, 0.2) is 41.8 Å². The molecule has 3 aliphatic rings. The van der Waals surface area contributed by atoms with E-state index in [4.69, 9.17) is 4.74 Å². The van der Waals surface area contributed by atoms with E-state index in [0.717, 1.165) is 50.7 Å². The third kappa shape index (κ3) is 4.49. The van der Waals surface area contributed by atoms with Gasteiger partial charge in [-0.25, -0.2) is 0 Å². The van der Waals surface area contributed by atoms with Gasteiger partial charge in [-0.3, -0.25) is 9.59 Å². The molecule has 1 aromatic carbocycles. The third-order valence-electron chi connectivity index (χ3n) is 6.85. The van der Waals surface area contributed by atoms with Crippen molar-refractivity contribution in [3.05, 3.63) is 52.2 Å². The van der Waals surface area contributed by atoms with Crippen LogP contribution in [-0.4, -0.2) is 47.4 Å². The number of fused-ring (bicyclic) bond motifs is 1. The minimum atomic E-state index is -0.106. The van der Waals surface area contributed by atoms with Gasteiger partial charge in [0.15, 0.2) is 0 Å². The molecule has 0 spiro atoms. The van der Waals surface area contributed by atoms with Gasteiger partial charge < -0.3 is 14.5 Å². The van der Waals surface area contributed by atoms with E-state index in [-0.39, 0.29) is 36.4 Å². The molecule has 31 heavy (non-hydrogen) atoms. The maximum Gasteiger partial charge on any atom is 0.242 e. The molecule has 6 heteroatoms. The summed E-state index contributed by atoms with van der Waals surface area (Å²) in [5.74, 6) is 1.19. The number of amides is 2. The van der Waals surface area contributed by atoms with Gasteiger partial charge in [-0.1, -0.05) is 31.0 Å². The number of ether oxygens (including phenoxy) is 1. The van der Waals surface area contributed by atoms with Crippen LogP contribution in [0.2, 0.25) is 0 Å². The minimum Gasteiger partial charge on any atom is -0.491 e. The molecular weight excluding hydrogens is 408 g/mol. The number of rotatable bonds is 7. The molecule has 164 valence electrons. The van der Waals surface area contributed by atoms with Crippen molar-refractivity contribution in [3.8, 4) is 5.75 Å². The van der Waals surface area contributed by atoms with E-state index in [2.05, 4.69) is 11.4 Å². The molecule has 2 fully saturated rings. The number of thiophene rings is 1. The first-order valence-electron chi connectivity index (χ1n) is 11.5. The lowest BCUT2D eigenvalue weighted by Gasteiger charge is -2.37. The Bertz CT molecular complexity index is 918. The molecule has 1 aromatic heterocycles. The summed E-state index contributed by atoms with van der Waals surface area (Å²) in [6.45, 7) is 1.33. The largest absolute Gasteiger partial charge is 0.491 e. The number of carbonyl (C=O) groups is 2. The Kier molecular flexibility index (Phi) is 5.99. The van der Waals surface area contributed by atoms with E-state index in [0.29, 0.717) is 13.2 Å². The highest BCUT2D eigenvalue weighted by Gasteiger charge is 2.40. The summed E-state index contributed by atoms with van der Waals surface area (Å²) in [7, 11) is 0. The zero-order valence-electron chi connectivity index (χ0n) is 17.9. The zero-order chi connectivity index (χ0) is 21.2. The number of hydrogen-bond acceptors (Lipinski definition) is 4. The molecule has 5 nitrogen and oxygen atoms in total. The molecule has 0 radical (unpaired) electrons. The van der Waals surface area contributed by atoms with Gasteiger partial charge in [-0.05, 0) is 61.2 Å². The second-order valence-corrected chi connectivity index (χ2v) is 9.96. The first-order chi connectivity index (χ1) is 15.2. The van der Waals surface area contributed by atoms with Crippen LogP contribution >= 0.6 is 11.3 Å². The molecule has 0 bridgehead atoms. The Balaban J connectivity index is 1.31. The average molecular weight is 439 g/mol. The smallest absolute Gasteiger partial charge is 0.242 e. The molecule has 5 rings (SSSR count). The van der Waals surface area contributed by atoms with Crippen molar-refractivity contribution in [2.45, 2.75) is 57.0 Å². The van der Waals surface area contributed by atoms with E-state index in [1.54, 1.807) is 11.3 Å². The fourth-order valence-electron chi connectivity index (χ4n) is 4.98. The quantitative estimate of drug-likeness (QED) is 0.642. The van der Waals surface area contributed by atoms with Crippen LogP contribution in [0.4, 0.5) is 0 Å². The Morgan fingerprint density at radius 3 is 2.58 bits per heavy atom.